The number of aromatic nitrogens is 1. The molecular formula is C20H27N3O2. The molecule has 0 spiro atoms. The molecular weight excluding hydrogens is 314 g/mol. The second-order valence-electron chi connectivity index (χ2n) is 7.36. The fourth-order valence-corrected chi connectivity index (χ4v) is 3.49. The summed E-state index contributed by atoms with van der Waals surface area (Å²) >= 11 is 0. The molecule has 1 fully saturated rings. The van der Waals surface area contributed by atoms with Gasteiger partial charge in [0.05, 0.1) is 5.56 Å². The zero-order valence-electron chi connectivity index (χ0n) is 15.3. The van der Waals surface area contributed by atoms with Crippen LogP contribution in [0.25, 0.3) is 10.9 Å². The zero-order valence-corrected chi connectivity index (χ0v) is 15.3. The van der Waals surface area contributed by atoms with E-state index in [1.807, 2.05) is 29.2 Å². The molecule has 5 heteroatoms. The summed E-state index contributed by atoms with van der Waals surface area (Å²) in [5.41, 5.74) is 0.999. The van der Waals surface area contributed by atoms with Crippen molar-refractivity contribution in [2.75, 3.05) is 26.7 Å². The molecule has 0 saturated carbocycles. The van der Waals surface area contributed by atoms with E-state index in [4.69, 9.17) is 0 Å². The number of pyridine rings is 1. The number of nitrogens with zero attached hydrogens (tertiary/aromatic N) is 2. The van der Waals surface area contributed by atoms with Gasteiger partial charge >= 0.3 is 0 Å². The second kappa shape index (κ2) is 7.40. The number of carbonyl (C=O) groups is 1. The van der Waals surface area contributed by atoms with E-state index in [1.165, 1.54) is 6.07 Å². The summed E-state index contributed by atoms with van der Waals surface area (Å²) in [6, 6.07) is 9.46. The number of hydrogen-bond acceptors (Lipinski definition) is 3. The van der Waals surface area contributed by atoms with Gasteiger partial charge in [-0.05, 0) is 45.7 Å². The normalized spacial score (nSPS) is 16.1. The lowest BCUT2D eigenvalue weighted by Crippen LogP contribution is -2.42. The first-order valence-corrected chi connectivity index (χ1v) is 9.07. The summed E-state index contributed by atoms with van der Waals surface area (Å²) < 4.78 is 0. The summed E-state index contributed by atoms with van der Waals surface area (Å²) in [7, 11) is 2.16. The van der Waals surface area contributed by atoms with Crippen molar-refractivity contribution in [1.29, 1.82) is 0 Å². The first-order chi connectivity index (χ1) is 12.0. The van der Waals surface area contributed by atoms with Gasteiger partial charge in [-0.3, -0.25) is 9.59 Å². The standard InChI is InChI=1S/C20H27N3O2/c1-14(2)22(3)13-15-8-10-23(11-9-15)20(25)17-12-19(24)21-18-7-5-4-6-16(17)18/h4-7,12,14-15H,8-11,13H2,1-3H3,(H,21,24). The minimum Gasteiger partial charge on any atom is -0.339 e. The maximum Gasteiger partial charge on any atom is 0.254 e. The van der Waals surface area contributed by atoms with Crippen molar-refractivity contribution in [1.82, 2.24) is 14.8 Å². The van der Waals surface area contributed by atoms with Gasteiger partial charge in [0.15, 0.2) is 0 Å². The van der Waals surface area contributed by atoms with Gasteiger partial charge in [0.1, 0.15) is 0 Å². The molecule has 0 atom stereocenters. The van der Waals surface area contributed by atoms with Crippen LogP contribution >= 0.6 is 0 Å². The molecule has 134 valence electrons. The molecule has 1 aliphatic heterocycles. The van der Waals surface area contributed by atoms with Gasteiger partial charge in [-0.2, -0.15) is 0 Å². The zero-order chi connectivity index (χ0) is 18.0. The Balaban J connectivity index is 1.72. The Hall–Kier alpha value is -2.14. The number of hydrogen-bond donors (Lipinski definition) is 1. The van der Waals surface area contributed by atoms with Crippen molar-refractivity contribution in [3.05, 3.63) is 46.2 Å². The Morgan fingerprint density at radius 1 is 1.28 bits per heavy atom. The van der Waals surface area contributed by atoms with Gasteiger partial charge in [-0.1, -0.05) is 18.2 Å². The maximum atomic E-state index is 13.0. The van der Waals surface area contributed by atoms with E-state index < -0.39 is 0 Å². The highest BCUT2D eigenvalue weighted by Crippen LogP contribution is 2.22. The molecule has 1 aliphatic rings. The number of H-pyrrole nitrogens is 1. The van der Waals surface area contributed by atoms with Crippen LogP contribution in [0, 0.1) is 5.92 Å². The molecule has 1 amide bonds. The van der Waals surface area contributed by atoms with Crippen molar-refractivity contribution >= 4 is 16.8 Å². The number of para-hydroxylation sites is 1. The van der Waals surface area contributed by atoms with Crippen LogP contribution in [0.2, 0.25) is 0 Å². The van der Waals surface area contributed by atoms with Gasteiger partial charge in [0.2, 0.25) is 5.56 Å². The van der Waals surface area contributed by atoms with E-state index in [2.05, 4.69) is 30.8 Å². The number of likely N-dealkylation sites (tertiary alicyclic amines) is 1. The van der Waals surface area contributed by atoms with Crippen LogP contribution in [-0.2, 0) is 0 Å². The molecule has 0 radical (unpaired) electrons. The Bertz CT molecular complexity index is 804. The average Bonchev–Trinajstić information content (AvgIpc) is 2.61. The van der Waals surface area contributed by atoms with Gasteiger partial charge < -0.3 is 14.8 Å². The van der Waals surface area contributed by atoms with E-state index in [0.717, 1.165) is 37.9 Å². The second-order valence-corrected chi connectivity index (χ2v) is 7.36. The number of piperidine rings is 1. The quantitative estimate of drug-likeness (QED) is 0.930. The summed E-state index contributed by atoms with van der Waals surface area (Å²) in [4.78, 5) is 31.9. The third-order valence-electron chi connectivity index (χ3n) is 5.31. The van der Waals surface area contributed by atoms with Gasteiger partial charge in [0, 0.05) is 42.6 Å². The summed E-state index contributed by atoms with van der Waals surface area (Å²) in [5, 5.41) is 0.814. The van der Waals surface area contributed by atoms with Crippen molar-refractivity contribution in [2.45, 2.75) is 32.7 Å². The summed E-state index contributed by atoms with van der Waals surface area (Å²) in [6.45, 7) is 7.01. The molecule has 1 N–H and O–H groups in total. The molecule has 1 aromatic carbocycles. The smallest absolute Gasteiger partial charge is 0.254 e. The third kappa shape index (κ3) is 3.93. The maximum absolute atomic E-state index is 13.0. The largest absolute Gasteiger partial charge is 0.339 e. The number of nitrogens with one attached hydrogen (secondary N) is 1. The van der Waals surface area contributed by atoms with Crippen LogP contribution in [0.4, 0.5) is 0 Å². The monoisotopic (exact) mass is 341 g/mol. The molecule has 1 aromatic heterocycles. The number of carbonyl (C=O) groups excluding carboxylic acids is 1. The van der Waals surface area contributed by atoms with E-state index >= 15 is 0 Å². The molecule has 1 saturated heterocycles. The Labute approximate surface area is 148 Å². The predicted octanol–water partition coefficient (Wildman–Crippen LogP) is 2.72. The number of aromatic amines is 1. The van der Waals surface area contributed by atoms with E-state index in [-0.39, 0.29) is 11.5 Å². The lowest BCUT2D eigenvalue weighted by molar-refractivity contribution is 0.0668. The van der Waals surface area contributed by atoms with Gasteiger partial charge in [0.25, 0.3) is 5.91 Å². The molecule has 0 bridgehead atoms. The number of rotatable bonds is 4. The minimum absolute atomic E-state index is 0.0297. The Kier molecular flexibility index (Phi) is 5.23. The predicted molar refractivity (Wildman–Crippen MR) is 101 cm³/mol. The molecule has 2 heterocycles. The fourth-order valence-electron chi connectivity index (χ4n) is 3.49. The molecule has 0 aliphatic carbocycles. The van der Waals surface area contributed by atoms with Crippen LogP contribution in [0.1, 0.15) is 37.0 Å². The molecule has 25 heavy (non-hydrogen) atoms. The molecule has 2 aromatic rings. The topological polar surface area (TPSA) is 56.4 Å². The van der Waals surface area contributed by atoms with Gasteiger partial charge in [-0.25, -0.2) is 0 Å². The van der Waals surface area contributed by atoms with Crippen LogP contribution < -0.4 is 5.56 Å². The van der Waals surface area contributed by atoms with Crippen LogP contribution in [-0.4, -0.2) is 53.4 Å². The van der Waals surface area contributed by atoms with Crippen LogP contribution in [0.15, 0.2) is 35.1 Å². The van der Waals surface area contributed by atoms with Crippen molar-refractivity contribution in [2.24, 2.45) is 5.92 Å². The first kappa shape index (κ1) is 17.7. The Morgan fingerprint density at radius 2 is 1.96 bits per heavy atom. The highest BCUT2D eigenvalue weighted by Gasteiger charge is 2.26. The number of benzene rings is 1. The number of amides is 1. The highest BCUT2D eigenvalue weighted by molar-refractivity contribution is 6.05. The van der Waals surface area contributed by atoms with Crippen LogP contribution in [0.3, 0.4) is 0 Å². The fraction of sp³-hybridized carbons (Fsp3) is 0.500. The average molecular weight is 341 g/mol. The van der Waals surface area contributed by atoms with Gasteiger partial charge in [-0.15, -0.1) is 0 Å². The van der Waals surface area contributed by atoms with E-state index in [1.54, 1.807) is 0 Å². The van der Waals surface area contributed by atoms with E-state index in [9.17, 15) is 9.59 Å². The first-order valence-electron chi connectivity index (χ1n) is 9.07. The summed E-state index contributed by atoms with van der Waals surface area (Å²) in [5.74, 6) is 0.602. The van der Waals surface area contributed by atoms with Crippen molar-refractivity contribution in [3.63, 3.8) is 0 Å². The Morgan fingerprint density at radius 3 is 2.64 bits per heavy atom. The molecule has 0 unspecified atom stereocenters. The lowest BCUT2D eigenvalue weighted by atomic mass is 9.95. The minimum atomic E-state index is -0.226. The lowest BCUT2D eigenvalue weighted by Gasteiger charge is -2.35. The van der Waals surface area contributed by atoms with Crippen LogP contribution in [0.5, 0.6) is 0 Å². The highest BCUT2D eigenvalue weighted by atomic mass is 16.2. The van der Waals surface area contributed by atoms with Crippen molar-refractivity contribution in [3.8, 4) is 0 Å². The van der Waals surface area contributed by atoms with Crippen molar-refractivity contribution < 1.29 is 4.79 Å². The molecule has 3 rings (SSSR count). The third-order valence-corrected chi connectivity index (χ3v) is 5.31. The molecule has 5 nitrogen and oxygen atoms in total. The van der Waals surface area contributed by atoms with E-state index in [0.29, 0.717) is 23.0 Å². The number of fused-ring (bicyclic) bond motifs is 1. The SMILES string of the molecule is CC(C)N(C)CC1CCN(C(=O)c2cc(=O)[nH]c3ccccc23)CC1. The summed E-state index contributed by atoms with van der Waals surface area (Å²) in [6.07, 6.45) is 2.04.